The molecule has 20 heavy (non-hydrogen) atoms. The van der Waals surface area contributed by atoms with Crippen LogP contribution in [0.4, 0.5) is 11.4 Å². The van der Waals surface area contributed by atoms with Gasteiger partial charge in [0.05, 0.1) is 0 Å². The van der Waals surface area contributed by atoms with Crippen LogP contribution in [0.2, 0.25) is 0 Å². The van der Waals surface area contributed by atoms with Gasteiger partial charge in [-0.3, -0.25) is 4.79 Å². The molecule has 5 heteroatoms. The lowest BCUT2D eigenvalue weighted by atomic mass is 10.0. The molecule has 0 saturated carbocycles. The second-order valence-corrected chi connectivity index (χ2v) is 5.53. The highest BCUT2D eigenvalue weighted by Crippen LogP contribution is 2.26. The number of ketones is 1. The van der Waals surface area contributed by atoms with Crippen molar-refractivity contribution < 1.29 is 4.79 Å². The third-order valence-corrected chi connectivity index (χ3v) is 3.62. The normalized spacial score (nSPS) is 10.8. The van der Waals surface area contributed by atoms with Gasteiger partial charge in [-0.15, -0.1) is 0 Å². The SMILES string of the molecule is Nc1cc(N)cc(C(=O)c2c[nH]c3ccc(Br)cc23)c1. The van der Waals surface area contributed by atoms with Crippen LogP contribution in [0.5, 0.6) is 0 Å². The number of aromatic nitrogens is 1. The molecule has 0 aliphatic carbocycles. The number of anilines is 2. The number of nitrogens with two attached hydrogens (primary N) is 2. The van der Waals surface area contributed by atoms with Crippen molar-refractivity contribution in [3.05, 3.63) is 58.2 Å². The lowest BCUT2D eigenvalue weighted by Crippen LogP contribution is -2.03. The number of hydrogen-bond acceptors (Lipinski definition) is 3. The van der Waals surface area contributed by atoms with Gasteiger partial charge in [0.1, 0.15) is 0 Å². The van der Waals surface area contributed by atoms with Crippen LogP contribution >= 0.6 is 15.9 Å². The van der Waals surface area contributed by atoms with Crippen molar-refractivity contribution in [1.82, 2.24) is 4.98 Å². The first-order valence-electron chi connectivity index (χ1n) is 6.02. The highest BCUT2D eigenvalue weighted by molar-refractivity contribution is 9.10. The van der Waals surface area contributed by atoms with Gasteiger partial charge in [-0.05, 0) is 36.4 Å². The first kappa shape index (κ1) is 12.7. The lowest BCUT2D eigenvalue weighted by Gasteiger charge is -2.03. The van der Waals surface area contributed by atoms with Crippen LogP contribution in [-0.2, 0) is 0 Å². The quantitative estimate of drug-likeness (QED) is 0.498. The Morgan fingerprint density at radius 2 is 1.75 bits per heavy atom. The topological polar surface area (TPSA) is 84.9 Å². The molecule has 1 aromatic heterocycles. The number of halogens is 1. The van der Waals surface area contributed by atoms with Gasteiger partial charge in [0, 0.05) is 44.1 Å². The lowest BCUT2D eigenvalue weighted by molar-refractivity contribution is 0.104. The van der Waals surface area contributed by atoms with Crippen molar-refractivity contribution in [3.63, 3.8) is 0 Å². The minimum absolute atomic E-state index is 0.103. The zero-order valence-electron chi connectivity index (χ0n) is 10.5. The smallest absolute Gasteiger partial charge is 0.195 e. The van der Waals surface area contributed by atoms with E-state index in [-0.39, 0.29) is 5.78 Å². The second-order valence-electron chi connectivity index (χ2n) is 4.61. The van der Waals surface area contributed by atoms with Gasteiger partial charge in [-0.2, -0.15) is 0 Å². The molecular weight excluding hydrogens is 318 g/mol. The van der Waals surface area contributed by atoms with Crippen molar-refractivity contribution in [1.29, 1.82) is 0 Å². The van der Waals surface area contributed by atoms with Crippen molar-refractivity contribution in [2.45, 2.75) is 0 Å². The number of H-pyrrole nitrogens is 1. The molecule has 0 spiro atoms. The van der Waals surface area contributed by atoms with E-state index in [2.05, 4.69) is 20.9 Å². The van der Waals surface area contributed by atoms with E-state index >= 15 is 0 Å². The molecule has 3 aromatic rings. The molecule has 1 heterocycles. The third-order valence-electron chi connectivity index (χ3n) is 3.13. The van der Waals surface area contributed by atoms with Gasteiger partial charge < -0.3 is 16.5 Å². The van der Waals surface area contributed by atoms with Crippen molar-refractivity contribution in [3.8, 4) is 0 Å². The zero-order valence-corrected chi connectivity index (χ0v) is 12.1. The van der Waals surface area contributed by atoms with Crippen LogP contribution < -0.4 is 11.5 Å². The maximum atomic E-state index is 12.6. The minimum Gasteiger partial charge on any atom is -0.399 e. The maximum absolute atomic E-state index is 12.6. The summed E-state index contributed by atoms with van der Waals surface area (Å²) in [6.07, 6.45) is 1.71. The van der Waals surface area contributed by atoms with Crippen molar-refractivity contribution >= 4 is 44.0 Å². The van der Waals surface area contributed by atoms with E-state index in [4.69, 9.17) is 11.5 Å². The number of benzene rings is 2. The summed E-state index contributed by atoms with van der Waals surface area (Å²) >= 11 is 3.41. The second kappa shape index (κ2) is 4.68. The van der Waals surface area contributed by atoms with Gasteiger partial charge in [0.2, 0.25) is 0 Å². The van der Waals surface area contributed by atoms with E-state index in [1.807, 2.05) is 18.2 Å². The zero-order chi connectivity index (χ0) is 14.3. The number of rotatable bonds is 2. The largest absolute Gasteiger partial charge is 0.399 e. The summed E-state index contributed by atoms with van der Waals surface area (Å²) < 4.78 is 0.922. The van der Waals surface area contributed by atoms with E-state index in [0.29, 0.717) is 22.5 Å². The van der Waals surface area contributed by atoms with Gasteiger partial charge in [-0.1, -0.05) is 15.9 Å². The van der Waals surface area contributed by atoms with E-state index in [0.717, 1.165) is 15.4 Å². The van der Waals surface area contributed by atoms with Gasteiger partial charge in [0.15, 0.2) is 5.78 Å². The number of carbonyl (C=O) groups is 1. The molecule has 0 aliphatic heterocycles. The Labute approximate surface area is 123 Å². The summed E-state index contributed by atoms with van der Waals surface area (Å²) in [7, 11) is 0. The Bertz CT molecular complexity index is 803. The van der Waals surface area contributed by atoms with Crippen molar-refractivity contribution in [2.24, 2.45) is 0 Å². The van der Waals surface area contributed by atoms with Crippen LogP contribution in [0.15, 0.2) is 47.1 Å². The molecule has 0 bridgehead atoms. The Morgan fingerprint density at radius 3 is 2.45 bits per heavy atom. The monoisotopic (exact) mass is 329 g/mol. The molecule has 0 unspecified atom stereocenters. The number of nitrogen functional groups attached to an aromatic ring is 2. The van der Waals surface area contributed by atoms with Crippen LogP contribution in [0.25, 0.3) is 10.9 Å². The highest BCUT2D eigenvalue weighted by Gasteiger charge is 2.15. The Hall–Kier alpha value is -2.27. The van der Waals surface area contributed by atoms with E-state index in [1.165, 1.54) is 0 Å². The number of hydrogen-bond donors (Lipinski definition) is 3. The van der Waals surface area contributed by atoms with Crippen molar-refractivity contribution in [2.75, 3.05) is 11.5 Å². The van der Waals surface area contributed by atoms with Crippen LogP contribution in [-0.4, -0.2) is 10.8 Å². The summed E-state index contributed by atoms with van der Waals surface area (Å²) in [6.45, 7) is 0. The Balaban J connectivity index is 2.15. The fraction of sp³-hybridized carbons (Fsp3) is 0. The summed E-state index contributed by atoms with van der Waals surface area (Å²) in [5, 5.41) is 0.866. The predicted octanol–water partition coefficient (Wildman–Crippen LogP) is 3.33. The molecule has 0 amide bonds. The average Bonchev–Trinajstić information content (AvgIpc) is 2.79. The molecule has 0 aliphatic rings. The predicted molar refractivity (Wildman–Crippen MR) is 84.7 cm³/mol. The highest BCUT2D eigenvalue weighted by atomic mass is 79.9. The van der Waals surface area contributed by atoms with Gasteiger partial charge in [-0.25, -0.2) is 0 Å². The summed E-state index contributed by atoms with van der Waals surface area (Å²) in [5.74, 6) is -0.103. The summed E-state index contributed by atoms with van der Waals surface area (Å²) in [6, 6.07) is 10.7. The number of nitrogens with one attached hydrogen (secondary N) is 1. The van der Waals surface area contributed by atoms with Crippen LogP contribution in [0.3, 0.4) is 0 Å². The maximum Gasteiger partial charge on any atom is 0.195 e. The number of fused-ring (bicyclic) bond motifs is 1. The molecule has 2 aromatic carbocycles. The molecule has 0 atom stereocenters. The average molecular weight is 330 g/mol. The van der Waals surface area contributed by atoms with E-state index in [9.17, 15) is 4.79 Å². The summed E-state index contributed by atoms with van der Waals surface area (Å²) in [5.41, 5.74) is 14.4. The number of aromatic amines is 1. The first-order valence-corrected chi connectivity index (χ1v) is 6.81. The summed E-state index contributed by atoms with van der Waals surface area (Å²) in [4.78, 5) is 15.7. The number of carbonyl (C=O) groups excluding carboxylic acids is 1. The van der Waals surface area contributed by atoms with Crippen LogP contribution in [0, 0.1) is 0 Å². The third kappa shape index (κ3) is 2.16. The molecular formula is C15H12BrN3O. The Morgan fingerprint density at radius 1 is 1.05 bits per heavy atom. The van der Waals surface area contributed by atoms with E-state index < -0.39 is 0 Å². The molecule has 0 saturated heterocycles. The molecule has 5 N–H and O–H groups in total. The molecule has 0 fully saturated rings. The van der Waals surface area contributed by atoms with Gasteiger partial charge in [0.25, 0.3) is 0 Å². The molecule has 4 nitrogen and oxygen atoms in total. The molecule has 3 rings (SSSR count). The minimum atomic E-state index is -0.103. The molecule has 0 radical (unpaired) electrons. The first-order chi connectivity index (χ1) is 9.54. The fourth-order valence-electron chi connectivity index (χ4n) is 2.24. The molecule has 100 valence electrons. The van der Waals surface area contributed by atoms with E-state index in [1.54, 1.807) is 24.4 Å². The standard InChI is InChI=1S/C15H12BrN3O/c16-9-1-2-14-12(5-9)13(7-19-14)15(20)8-3-10(17)6-11(18)4-8/h1-7,19H,17-18H2. The van der Waals surface area contributed by atoms with Crippen LogP contribution in [0.1, 0.15) is 15.9 Å². The Kier molecular flexibility index (Phi) is 2.99. The van der Waals surface area contributed by atoms with Gasteiger partial charge >= 0.3 is 0 Å². The fourth-order valence-corrected chi connectivity index (χ4v) is 2.60.